The van der Waals surface area contributed by atoms with Crippen LogP contribution in [0.5, 0.6) is 0 Å². The van der Waals surface area contributed by atoms with Crippen molar-refractivity contribution in [2.24, 2.45) is 0 Å². The van der Waals surface area contributed by atoms with E-state index >= 15 is 0 Å². The van der Waals surface area contributed by atoms with Gasteiger partial charge < -0.3 is 14.6 Å². The van der Waals surface area contributed by atoms with E-state index in [0.29, 0.717) is 6.04 Å². The molecule has 1 atom stereocenters. The third-order valence-electron chi connectivity index (χ3n) is 3.45. The zero-order valence-electron chi connectivity index (χ0n) is 11.3. The van der Waals surface area contributed by atoms with Gasteiger partial charge in [0.05, 0.1) is 11.8 Å². The van der Waals surface area contributed by atoms with Crippen LogP contribution in [-0.2, 0) is 6.42 Å². The lowest BCUT2D eigenvalue weighted by Gasteiger charge is -2.30. The normalized spacial score (nSPS) is 19.9. The van der Waals surface area contributed by atoms with Gasteiger partial charge in [-0.1, -0.05) is 6.92 Å². The van der Waals surface area contributed by atoms with E-state index in [1.165, 1.54) is 0 Å². The van der Waals surface area contributed by atoms with Gasteiger partial charge in [0, 0.05) is 32.1 Å². The highest BCUT2D eigenvalue weighted by Crippen LogP contribution is 2.23. The monoisotopic (exact) mass is 261 g/mol. The Hall–Kier alpha value is -1.82. The topological polar surface area (TPSA) is 70.0 Å². The van der Waals surface area contributed by atoms with Crippen molar-refractivity contribution in [3.05, 3.63) is 18.1 Å². The van der Waals surface area contributed by atoms with Gasteiger partial charge in [-0.2, -0.15) is 4.98 Å². The number of piperazine rings is 1. The molecule has 6 heteroatoms. The third kappa shape index (κ3) is 2.35. The first-order valence-corrected chi connectivity index (χ1v) is 6.75. The van der Waals surface area contributed by atoms with Gasteiger partial charge in [-0.05, 0) is 13.0 Å². The number of anilines is 1. The lowest BCUT2D eigenvalue weighted by Crippen LogP contribution is -2.49. The second-order valence-corrected chi connectivity index (χ2v) is 4.90. The molecule has 3 rings (SSSR count). The molecule has 0 radical (unpaired) electrons. The molecule has 102 valence electrons. The summed E-state index contributed by atoms with van der Waals surface area (Å²) in [5.74, 6) is 2.50. The number of aromatic amines is 1. The minimum atomic E-state index is 0.468. The zero-order valence-corrected chi connectivity index (χ0v) is 11.3. The fourth-order valence-corrected chi connectivity index (χ4v) is 2.45. The molecule has 2 aromatic rings. The number of nitrogens with one attached hydrogen (secondary N) is 2. The van der Waals surface area contributed by atoms with Crippen molar-refractivity contribution in [2.75, 3.05) is 24.5 Å². The number of furan rings is 1. The molecule has 3 heterocycles. The van der Waals surface area contributed by atoms with Crippen LogP contribution in [0.4, 0.5) is 5.95 Å². The van der Waals surface area contributed by atoms with E-state index < -0.39 is 0 Å². The number of hydrogen-bond acceptors (Lipinski definition) is 5. The lowest BCUT2D eigenvalue weighted by molar-refractivity contribution is 0.480. The molecular formula is C13H19N5O. The summed E-state index contributed by atoms with van der Waals surface area (Å²) >= 11 is 0. The molecule has 1 saturated heterocycles. The van der Waals surface area contributed by atoms with Gasteiger partial charge in [-0.15, -0.1) is 5.10 Å². The maximum Gasteiger partial charge on any atom is 0.245 e. The number of rotatable bonds is 3. The van der Waals surface area contributed by atoms with Crippen LogP contribution in [0, 0.1) is 0 Å². The van der Waals surface area contributed by atoms with Crippen molar-refractivity contribution in [1.29, 1.82) is 0 Å². The van der Waals surface area contributed by atoms with Crippen LogP contribution in [0.3, 0.4) is 0 Å². The molecule has 19 heavy (non-hydrogen) atoms. The molecule has 1 fully saturated rings. The molecule has 0 amide bonds. The van der Waals surface area contributed by atoms with Crippen molar-refractivity contribution in [2.45, 2.75) is 26.3 Å². The zero-order chi connectivity index (χ0) is 13.2. The molecule has 2 N–H and O–H groups in total. The summed E-state index contributed by atoms with van der Waals surface area (Å²) in [5, 5.41) is 10.7. The number of aromatic nitrogens is 3. The third-order valence-corrected chi connectivity index (χ3v) is 3.45. The second-order valence-electron chi connectivity index (χ2n) is 4.90. The Morgan fingerprint density at radius 3 is 3.21 bits per heavy atom. The summed E-state index contributed by atoms with van der Waals surface area (Å²) in [6.45, 7) is 7.08. The van der Waals surface area contributed by atoms with Gasteiger partial charge >= 0.3 is 0 Å². The Bertz CT molecular complexity index is 547. The smallest absolute Gasteiger partial charge is 0.245 e. The molecule has 2 aromatic heterocycles. The highest BCUT2D eigenvalue weighted by Gasteiger charge is 2.20. The van der Waals surface area contributed by atoms with Crippen molar-refractivity contribution in [3.63, 3.8) is 0 Å². The first-order chi connectivity index (χ1) is 9.28. The number of nitrogens with zero attached hydrogens (tertiary/aromatic N) is 3. The predicted molar refractivity (Wildman–Crippen MR) is 73.1 cm³/mol. The maximum atomic E-state index is 5.43. The Balaban J connectivity index is 1.83. The molecule has 0 aromatic carbocycles. The highest BCUT2D eigenvalue weighted by molar-refractivity contribution is 5.58. The van der Waals surface area contributed by atoms with E-state index in [0.717, 1.165) is 49.2 Å². The summed E-state index contributed by atoms with van der Waals surface area (Å²) in [7, 11) is 0. The maximum absolute atomic E-state index is 5.43. The fourth-order valence-electron chi connectivity index (χ4n) is 2.45. The summed E-state index contributed by atoms with van der Waals surface area (Å²) in [6, 6.07) is 2.40. The Labute approximate surface area is 112 Å². The van der Waals surface area contributed by atoms with Crippen LogP contribution in [0.2, 0.25) is 0 Å². The average molecular weight is 261 g/mol. The molecule has 1 unspecified atom stereocenters. The summed E-state index contributed by atoms with van der Waals surface area (Å²) < 4.78 is 5.43. The quantitative estimate of drug-likeness (QED) is 0.874. The molecule has 0 bridgehead atoms. The van der Waals surface area contributed by atoms with Gasteiger partial charge in [0.15, 0.2) is 5.82 Å². The molecule has 1 aliphatic rings. The first kappa shape index (κ1) is 12.2. The second kappa shape index (κ2) is 5.05. The van der Waals surface area contributed by atoms with Gasteiger partial charge in [0.1, 0.15) is 5.76 Å². The van der Waals surface area contributed by atoms with Gasteiger partial charge in [0.2, 0.25) is 5.95 Å². The predicted octanol–water partition coefficient (Wildman–Crippen LogP) is 1.43. The molecular weight excluding hydrogens is 242 g/mol. The number of hydrogen-bond donors (Lipinski definition) is 2. The van der Waals surface area contributed by atoms with Crippen LogP contribution < -0.4 is 10.2 Å². The van der Waals surface area contributed by atoms with Crippen LogP contribution in [0.1, 0.15) is 19.6 Å². The molecule has 6 nitrogen and oxygen atoms in total. The van der Waals surface area contributed by atoms with E-state index in [4.69, 9.17) is 4.42 Å². The molecule has 1 aliphatic heterocycles. The Morgan fingerprint density at radius 1 is 1.53 bits per heavy atom. The Kier molecular flexibility index (Phi) is 3.25. The fraction of sp³-hybridized carbons (Fsp3) is 0.538. The van der Waals surface area contributed by atoms with E-state index in [2.05, 4.69) is 39.2 Å². The summed E-state index contributed by atoms with van der Waals surface area (Å²) in [5.41, 5.74) is 1.00. The van der Waals surface area contributed by atoms with Crippen LogP contribution in [0.15, 0.2) is 16.7 Å². The Morgan fingerprint density at radius 2 is 2.42 bits per heavy atom. The summed E-state index contributed by atoms with van der Waals surface area (Å²) in [4.78, 5) is 6.79. The largest absolute Gasteiger partial charge is 0.469 e. The van der Waals surface area contributed by atoms with E-state index in [-0.39, 0.29) is 0 Å². The van der Waals surface area contributed by atoms with E-state index in [9.17, 15) is 0 Å². The van der Waals surface area contributed by atoms with Crippen molar-refractivity contribution in [1.82, 2.24) is 20.5 Å². The van der Waals surface area contributed by atoms with Crippen molar-refractivity contribution < 1.29 is 4.42 Å². The summed E-state index contributed by atoms with van der Waals surface area (Å²) in [6.07, 6.45) is 2.55. The minimum absolute atomic E-state index is 0.468. The van der Waals surface area contributed by atoms with E-state index in [1.54, 1.807) is 6.26 Å². The van der Waals surface area contributed by atoms with Gasteiger partial charge in [-0.3, -0.25) is 5.10 Å². The van der Waals surface area contributed by atoms with Crippen molar-refractivity contribution in [3.8, 4) is 11.4 Å². The van der Waals surface area contributed by atoms with Crippen LogP contribution in [0.25, 0.3) is 11.4 Å². The highest BCUT2D eigenvalue weighted by atomic mass is 16.3. The standard InChI is InChI=1S/C13H19N5O/c1-3-11-10(4-7-19-11)12-15-13(17-16-12)18-6-5-14-9(2)8-18/h4,7,9,14H,3,5-6,8H2,1-2H3,(H,15,16,17). The first-order valence-electron chi connectivity index (χ1n) is 6.75. The number of H-pyrrole nitrogens is 1. The lowest BCUT2D eigenvalue weighted by atomic mass is 10.2. The SMILES string of the molecule is CCc1occc1-c1nc(N2CCNC(C)C2)n[nH]1. The minimum Gasteiger partial charge on any atom is -0.469 e. The average Bonchev–Trinajstić information content (AvgIpc) is 3.07. The van der Waals surface area contributed by atoms with Crippen LogP contribution >= 0.6 is 0 Å². The van der Waals surface area contributed by atoms with E-state index in [1.807, 2.05) is 6.07 Å². The molecule has 0 spiro atoms. The molecule has 0 saturated carbocycles. The van der Waals surface area contributed by atoms with Crippen molar-refractivity contribution >= 4 is 5.95 Å². The van der Waals surface area contributed by atoms with Crippen LogP contribution in [-0.4, -0.2) is 40.9 Å². The van der Waals surface area contributed by atoms with Gasteiger partial charge in [0.25, 0.3) is 0 Å². The number of aryl methyl sites for hydroxylation is 1. The van der Waals surface area contributed by atoms with Gasteiger partial charge in [-0.25, -0.2) is 0 Å². The molecule has 0 aliphatic carbocycles.